The molecule has 3 N–H and O–H groups in total. The van der Waals surface area contributed by atoms with Crippen LogP contribution in [0.3, 0.4) is 0 Å². The number of hydrogen-bond acceptors (Lipinski definition) is 11. The molecule has 1 aromatic heterocycles. The van der Waals surface area contributed by atoms with Crippen LogP contribution in [-0.4, -0.2) is 68.3 Å². The van der Waals surface area contributed by atoms with Crippen molar-refractivity contribution in [3.05, 3.63) is 111 Å². The first-order valence-electron chi connectivity index (χ1n) is 19.9. The van der Waals surface area contributed by atoms with E-state index in [-0.39, 0.29) is 52.8 Å². The van der Waals surface area contributed by atoms with Gasteiger partial charge in [-0.25, -0.2) is 0 Å². The Morgan fingerprint density at radius 1 is 0.982 bits per heavy atom. The Morgan fingerprint density at radius 3 is 2.23 bits per heavy atom. The number of nitrogens with zero attached hydrogens (tertiary/aromatic N) is 3. The minimum absolute atomic E-state index is 0.0220. The van der Waals surface area contributed by atoms with Gasteiger partial charge in [0.25, 0.3) is 5.88 Å². The Morgan fingerprint density at radius 2 is 1.61 bits per heavy atom. The van der Waals surface area contributed by atoms with Crippen LogP contribution in [0.15, 0.2) is 76.8 Å². The van der Waals surface area contributed by atoms with Crippen molar-refractivity contribution in [3.63, 3.8) is 0 Å². The standard InChI is InChI=1S/C45H54N4O7Si/c1-44(2,3)57(7,8)56-45-31(37(46)40-36(42(45)52)43(47-55-40)54-25-27-17-13-10-14-18-27)22-28-21-30-35(39(50)34(28)41(45)51)33(53-24-26-15-11-9-12-16-26)23-29-32(48(4)5)19-20-49(6)38(29)30/h9-18,23,28,31-32,37,50H,19-22,24-25,46H2,1-8H3/t28-,31-,32?,37-,45-/m0/s1. The molecule has 4 aromatic rings. The molecule has 0 saturated heterocycles. The molecule has 3 aromatic carbocycles. The molecular formula is C45H54N4O7Si. The lowest BCUT2D eigenvalue weighted by atomic mass is 9.57. The summed E-state index contributed by atoms with van der Waals surface area (Å²) in [4.78, 5) is 35.6. The molecule has 8 rings (SSSR count). The first kappa shape index (κ1) is 39.1. The number of carbonyl (C=O) groups excluding carboxylic acids is 2. The average Bonchev–Trinajstić information content (AvgIpc) is 3.60. The molecule has 0 amide bonds. The Bertz CT molecular complexity index is 2250. The van der Waals surface area contributed by atoms with Crippen LogP contribution >= 0.6 is 0 Å². The molecule has 0 radical (unpaired) electrons. The van der Waals surface area contributed by atoms with Gasteiger partial charge in [-0.2, -0.15) is 0 Å². The third-order valence-corrected chi connectivity index (χ3v) is 17.6. The fourth-order valence-corrected chi connectivity index (χ4v) is 10.6. The number of rotatable bonds is 9. The van der Waals surface area contributed by atoms with Gasteiger partial charge in [-0.15, -0.1) is 0 Å². The van der Waals surface area contributed by atoms with E-state index in [0.717, 1.165) is 40.9 Å². The average molecular weight is 791 g/mol. The van der Waals surface area contributed by atoms with Crippen molar-refractivity contribution < 1.29 is 33.1 Å². The molecule has 300 valence electrons. The monoisotopic (exact) mass is 790 g/mol. The summed E-state index contributed by atoms with van der Waals surface area (Å²) in [6, 6.07) is 20.7. The minimum atomic E-state index is -2.90. The molecule has 1 unspecified atom stereocenters. The number of benzene rings is 3. The maximum absolute atomic E-state index is 15.8. The summed E-state index contributed by atoms with van der Waals surface area (Å²) >= 11 is 0. The van der Waals surface area contributed by atoms with Crippen LogP contribution in [-0.2, 0) is 28.9 Å². The molecule has 12 heteroatoms. The number of nitrogens with two attached hydrogens (primary N) is 1. The fourth-order valence-electron chi connectivity index (χ4n) is 9.18. The molecule has 0 bridgehead atoms. The summed E-state index contributed by atoms with van der Waals surface area (Å²) < 4.78 is 25.8. The number of Topliss-reactive ketones (excluding diaryl/α,β-unsaturated/α-hetero) is 2. The highest BCUT2D eigenvalue weighted by atomic mass is 28.4. The summed E-state index contributed by atoms with van der Waals surface area (Å²) in [6.45, 7) is 11.5. The van der Waals surface area contributed by atoms with E-state index in [2.05, 4.69) is 56.9 Å². The smallest absolute Gasteiger partial charge is 0.265 e. The molecule has 2 heterocycles. The zero-order valence-electron chi connectivity index (χ0n) is 34.2. The Labute approximate surface area is 335 Å². The summed E-state index contributed by atoms with van der Waals surface area (Å²) in [5.41, 5.74) is 10.7. The Balaban J connectivity index is 1.30. The van der Waals surface area contributed by atoms with Crippen LogP contribution in [0.2, 0.25) is 18.1 Å². The third-order valence-electron chi connectivity index (χ3n) is 13.2. The van der Waals surface area contributed by atoms with E-state index in [0.29, 0.717) is 24.2 Å². The number of aromatic nitrogens is 1. The number of ether oxygens (including phenoxy) is 2. The number of fused-ring (bicyclic) bond motifs is 6. The minimum Gasteiger partial charge on any atom is -0.507 e. The Hall–Kier alpha value is -4.75. The molecule has 0 spiro atoms. The molecule has 4 aliphatic rings. The molecule has 3 aliphatic carbocycles. The van der Waals surface area contributed by atoms with E-state index in [1.54, 1.807) is 0 Å². The molecule has 57 heavy (non-hydrogen) atoms. The number of aliphatic hydroxyl groups is 1. The summed E-state index contributed by atoms with van der Waals surface area (Å²) in [6.07, 6.45) is 1.67. The van der Waals surface area contributed by atoms with Crippen LogP contribution in [0.25, 0.3) is 5.76 Å². The normalized spacial score (nSPS) is 24.4. The van der Waals surface area contributed by atoms with E-state index in [9.17, 15) is 5.11 Å². The van der Waals surface area contributed by atoms with Crippen LogP contribution in [0.1, 0.15) is 89.6 Å². The SMILES string of the molecule is CN1CCC(N(C)C)c2cc(OCc3ccccc3)c3c(c21)C[C@H]1C[C@H]2[C@H](N)c4onc(OCc5ccccc5)c4C(=O)[C@@]2(O[Si](C)(C)C(C)(C)C)C(=O)C1=C3O. The fraction of sp³-hybridized carbons (Fsp3) is 0.444. The quantitative estimate of drug-likeness (QED) is 0.126. The van der Waals surface area contributed by atoms with Gasteiger partial charge in [0, 0.05) is 36.8 Å². The predicted octanol–water partition coefficient (Wildman–Crippen LogP) is 7.96. The number of carbonyl (C=O) groups is 2. The van der Waals surface area contributed by atoms with E-state index in [4.69, 9.17) is 24.2 Å². The third kappa shape index (κ3) is 6.32. The summed E-state index contributed by atoms with van der Waals surface area (Å²) in [7, 11) is 3.34. The lowest BCUT2D eigenvalue weighted by Crippen LogP contribution is -2.68. The zero-order chi connectivity index (χ0) is 40.6. The predicted molar refractivity (Wildman–Crippen MR) is 221 cm³/mol. The maximum atomic E-state index is 15.8. The van der Waals surface area contributed by atoms with Gasteiger partial charge >= 0.3 is 0 Å². The van der Waals surface area contributed by atoms with Gasteiger partial charge in [-0.3, -0.25) is 9.59 Å². The lowest BCUT2D eigenvalue weighted by molar-refractivity contribution is -0.138. The van der Waals surface area contributed by atoms with E-state index in [1.165, 1.54) is 0 Å². The topological polar surface area (TPSA) is 141 Å². The summed E-state index contributed by atoms with van der Waals surface area (Å²) in [5, 5.41) is 16.5. The largest absolute Gasteiger partial charge is 0.507 e. The molecular weight excluding hydrogens is 737 g/mol. The van der Waals surface area contributed by atoms with Gasteiger partial charge in [-0.1, -0.05) is 81.4 Å². The highest BCUT2D eigenvalue weighted by Gasteiger charge is 2.68. The van der Waals surface area contributed by atoms with Crippen molar-refractivity contribution in [1.82, 2.24) is 10.1 Å². The molecule has 1 saturated carbocycles. The van der Waals surface area contributed by atoms with Crippen molar-refractivity contribution in [2.24, 2.45) is 17.6 Å². The van der Waals surface area contributed by atoms with Crippen molar-refractivity contribution in [2.75, 3.05) is 32.6 Å². The van der Waals surface area contributed by atoms with Gasteiger partial charge < -0.3 is 39.1 Å². The van der Waals surface area contributed by atoms with Gasteiger partial charge in [0.1, 0.15) is 30.3 Å². The Kier molecular flexibility index (Phi) is 9.78. The maximum Gasteiger partial charge on any atom is 0.265 e. The van der Waals surface area contributed by atoms with Crippen molar-refractivity contribution in [1.29, 1.82) is 0 Å². The highest BCUT2D eigenvalue weighted by molar-refractivity contribution is 6.74. The van der Waals surface area contributed by atoms with Gasteiger partial charge in [0.15, 0.2) is 19.7 Å². The van der Waals surface area contributed by atoms with Crippen molar-refractivity contribution in [3.8, 4) is 11.6 Å². The highest BCUT2D eigenvalue weighted by Crippen LogP contribution is 2.59. The molecule has 1 fully saturated rings. The van der Waals surface area contributed by atoms with Crippen molar-refractivity contribution in [2.45, 2.75) is 89.1 Å². The first-order valence-corrected chi connectivity index (χ1v) is 22.8. The van der Waals surface area contributed by atoms with E-state index in [1.807, 2.05) is 79.8 Å². The summed E-state index contributed by atoms with van der Waals surface area (Å²) in [5.74, 6) is -1.93. The zero-order valence-corrected chi connectivity index (χ0v) is 35.2. The van der Waals surface area contributed by atoms with E-state index >= 15 is 9.59 Å². The van der Waals surface area contributed by atoms with Crippen LogP contribution in [0, 0.1) is 11.8 Å². The second kappa shape index (κ2) is 14.3. The van der Waals surface area contributed by atoms with Gasteiger partial charge in [-0.05, 0) is 90.9 Å². The number of ketones is 2. The number of aliphatic hydroxyl groups excluding tert-OH is 1. The van der Waals surface area contributed by atoms with Crippen LogP contribution < -0.4 is 20.1 Å². The van der Waals surface area contributed by atoms with Gasteiger partial charge in [0.2, 0.25) is 11.6 Å². The first-order chi connectivity index (χ1) is 27.0. The van der Waals surface area contributed by atoms with E-state index < -0.39 is 43.4 Å². The lowest BCUT2D eigenvalue weighted by Gasteiger charge is -2.54. The van der Waals surface area contributed by atoms with Crippen molar-refractivity contribution >= 4 is 31.3 Å². The number of anilines is 1. The van der Waals surface area contributed by atoms with Crippen LogP contribution in [0.4, 0.5) is 5.69 Å². The second-order valence-corrected chi connectivity index (χ2v) is 22.6. The molecule has 5 atom stereocenters. The van der Waals surface area contributed by atoms with Gasteiger partial charge in [0.05, 0.1) is 11.6 Å². The van der Waals surface area contributed by atoms with Crippen LogP contribution in [0.5, 0.6) is 11.6 Å². The molecule has 1 aliphatic heterocycles. The molecule has 11 nitrogen and oxygen atoms in total. The second-order valence-electron chi connectivity index (χ2n) is 17.9. The number of hydrogen-bond donors (Lipinski definition) is 2.